The Bertz CT molecular complexity index is 1130. The lowest BCUT2D eigenvalue weighted by Crippen LogP contribution is -2.50. The van der Waals surface area contributed by atoms with Crippen molar-refractivity contribution < 1.29 is 18.0 Å². The molecule has 0 radical (unpaired) electrons. The van der Waals surface area contributed by atoms with Gasteiger partial charge in [-0.15, -0.1) is 0 Å². The van der Waals surface area contributed by atoms with E-state index in [0.717, 1.165) is 29.5 Å². The van der Waals surface area contributed by atoms with Gasteiger partial charge in [0.15, 0.2) is 0 Å². The standard InChI is InChI=1S/C29H43N3O4S/c1-7-23(5)30-29(34)27(9-3)31(21-25-14-11-10-13-22(25)4)28(33)15-12-20-32(37(6,35)36)26-18-16-24(8-2)17-19-26/h10-11,13-14,16-19,23,27H,7-9,12,15,20-21H2,1-6H3,(H,30,34)/t23-,27-/m1/s1. The molecule has 0 spiro atoms. The molecule has 0 unspecified atom stereocenters. The Balaban J connectivity index is 2.23. The summed E-state index contributed by atoms with van der Waals surface area (Å²) >= 11 is 0. The minimum Gasteiger partial charge on any atom is -0.352 e. The molecule has 37 heavy (non-hydrogen) atoms. The highest BCUT2D eigenvalue weighted by molar-refractivity contribution is 7.92. The van der Waals surface area contributed by atoms with Crippen LogP contribution in [0.5, 0.6) is 0 Å². The Labute approximate surface area is 223 Å². The van der Waals surface area contributed by atoms with Crippen molar-refractivity contribution >= 4 is 27.5 Å². The third-order valence-corrected chi connectivity index (χ3v) is 7.97. The number of aryl methyl sites for hydroxylation is 2. The molecular weight excluding hydrogens is 486 g/mol. The summed E-state index contributed by atoms with van der Waals surface area (Å²) in [5.41, 5.74) is 3.75. The summed E-state index contributed by atoms with van der Waals surface area (Å²) in [6, 6.07) is 14.7. The van der Waals surface area contributed by atoms with Crippen LogP contribution in [-0.2, 0) is 32.6 Å². The van der Waals surface area contributed by atoms with Crippen molar-refractivity contribution in [1.82, 2.24) is 10.2 Å². The number of carbonyl (C=O) groups is 2. The van der Waals surface area contributed by atoms with E-state index >= 15 is 0 Å². The molecule has 0 saturated carbocycles. The molecule has 0 bridgehead atoms. The summed E-state index contributed by atoms with van der Waals surface area (Å²) in [5.74, 6) is -0.322. The van der Waals surface area contributed by atoms with Crippen molar-refractivity contribution in [3.05, 3.63) is 65.2 Å². The first kappa shape index (κ1) is 30.4. The van der Waals surface area contributed by atoms with Gasteiger partial charge in [-0.1, -0.05) is 57.2 Å². The van der Waals surface area contributed by atoms with Crippen molar-refractivity contribution in [2.75, 3.05) is 17.1 Å². The predicted octanol–water partition coefficient (Wildman–Crippen LogP) is 4.83. The molecule has 0 heterocycles. The molecule has 0 aliphatic heterocycles. The van der Waals surface area contributed by atoms with Crippen LogP contribution in [0.25, 0.3) is 0 Å². The van der Waals surface area contributed by atoms with Gasteiger partial charge in [0.25, 0.3) is 0 Å². The van der Waals surface area contributed by atoms with Crippen LogP contribution in [0.15, 0.2) is 48.5 Å². The van der Waals surface area contributed by atoms with Gasteiger partial charge in [0.05, 0.1) is 11.9 Å². The predicted molar refractivity (Wildman–Crippen MR) is 151 cm³/mol. The quantitative estimate of drug-likeness (QED) is 0.380. The number of sulfonamides is 1. The first-order chi connectivity index (χ1) is 17.5. The maximum Gasteiger partial charge on any atom is 0.243 e. The van der Waals surface area contributed by atoms with Gasteiger partial charge in [-0.05, 0) is 68.4 Å². The third kappa shape index (κ3) is 8.88. The minimum absolute atomic E-state index is 0.0133. The molecule has 0 aliphatic carbocycles. The van der Waals surface area contributed by atoms with Gasteiger partial charge >= 0.3 is 0 Å². The van der Waals surface area contributed by atoms with Crippen LogP contribution >= 0.6 is 0 Å². The summed E-state index contributed by atoms with van der Waals surface area (Å²) in [6.07, 6.45) is 3.81. The normalized spacial score (nSPS) is 13.0. The van der Waals surface area contributed by atoms with Crippen LogP contribution in [0.1, 0.15) is 70.1 Å². The van der Waals surface area contributed by atoms with E-state index in [2.05, 4.69) is 5.32 Å². The van der Waals surface area contributed by atoms with E-state index in [9.17, 15) is 18.0 Å². The molecule has 1 N–H and O–H groups in total. The number of amides is 2. The van der Waals surface area contributed by atoms with Crippen LogP contribution in [0, 0.1) is 6.92 Å². The van der Waals surface area contributed by atoms with Gasteiger partial charge in [0.2, 0.25) is 21.8 Å². The van der Waals surface area contributed by atoms with Gasteiger partial charge in [-0.3, -0.25) is 13.9 Å². The third-order valence-electron chi connectivity index (χ3n) is 6.77. The van der Waals surface area contributed by atoms with Crippen molar-refractivity contribution in [2.45, 2.75) is 85.4 Å². The zero-order valence-corrected chi connectivity index (χ0v) is 24.0. The molecule has 0 aromatic heterocycles. The van der Waals surface area contributed by atoms with Crippen molar-refractivity contribution in [1.29, 1.82) is 0 Å². The Morgan fingerprint density at radius 1 is 0.973 bits per heavy atom. The average molecular weight is 530 g/mol. The smallest absolute Gasteiger partial charge is 0.243 e. The summed E-state index contributed by atoms with van der Waals surface area (Å²) in [6.45, 7) is 10.4. The lowest BCUT2D eigenvalue weighted by atomic mass is 10.0. The summed E-state index contributed by atoms with van der Waals surface area (Å²) in [4.78, 5) is 28.3. The van der Waals surface area contributed by atoms with Crippen molar-refractivity contribution in [3.8, 4) is 0 Å². The zero-order valence-electron chi connectivity index (χ0n) is 23.2. The first-order valence-corrected chi connectivity index (χ1v) is 15.1. The van der Waals surface area contributed by atoms with E-state index < -0.39 is 16.1 Å². The van der Waals surface area contributed by atoms with Crippen molar-refractivity contribution in [3.63, 3.8) is 0 Å². The number of hydrogen-bond acceptors (Lipinski definition) is 4. The molecule has 0 aliphatic rings. The number of nitrogens with zero attached hydrogens (tertiary/aromatic N) is 2. The Morgan fingerprint density at radius 3 is 2.16 bits per heavy atom. The van der Waals surface area contributed by atoms with E-state index in [1.807, 2.05) is 71.0 Å². The van der Waals surface area contributed by atoms with Crippen LogP contribution < -0.4 is 9.62 Å². The van der Waals surface area contributed by atoms with E-state index in [1.54, 1.807) is 17.0 Å². The Kier molecular flexibility index (Phi) is 11.6. The second-order valence-electron chi connectivity index (χ2n) is 9.65. The topological polar surface area (TPSA) is 86.8 Å². The maximum atomic E-state index is 13.5. The molecule has 2 aromatic rings. The Morgan fingerprint density at radius 2 is 1.62 bits per heavy atom. The average Bonchev–Trinajstić information content (AvgIpc) is 2.86. The molecule has 204 valence electrons. The molecular formula is C29H43N3O4S. The monoisotopic (exact) mass is 529 g/mol. The fourth-order valence-electron chi connectivity index (χ4n) is 4.23. The lowest BCUT2D eigenvalue weighted by molar-refractivity contribution is -0.141. The first-order valence-electron chi connectivity index (χ1n) is 13.2. The number of rotatable bonds is 14. The molecule has 0 saturated heterocycles. The lowest BCUT2D eigenvalue weighted by Gasteiger charge is -2.32. The molecule has 2 atom stereocenters. The molecule has 2 amide bonds. The summed E-state index contributed by atoms with van der Waals surface area (Å²) in [5, 5.41) is 3.02. The van der Waals surface area contributed by atoms with Gasteiger partial charge in [-0.2, -0.15) is 0 Å². The number of benzene rings is 2. The fourth-order valence-corrected chi connectivity index (χ4v) is 5.20. The highest BCUT2D eigenvalue weighted by atomic mass is 32.2. The highest BCUT2D eigenvalue weighted by Crippen LogP contribution is 2.21. The van der Waals surface area contributed by atoms with Gasteiger partial charge in [0.1, 0.15) is 6.04 Å². The number of hydrogen-bond donors (Lipinski definition) is 1. The van der Waals surface area contributed by atoms with Crippen LogP contribution in [0.3, 0.4) is 0 Å². The van der Waals surface area contributed by atoms with Gasteiger partial charge < -0.3 is 10.2 Å². The summed E-state index contributed by atoms with van der Waals surface area (Å²) < 4.78 is 26.4. The number of carbonyl (C=O) groups excluding carboxylic acids is 2. The second-order valence-corrected chi connectivity index (χ2v) is 11.6. The molecule has 2 aromatic carbocycles. The molecule has 7 nitrogen and oxygen atoms in total. The zero-order chi connectivity index (χ0) is 27.6. The fraction of sp³-hybridized carbons (Fsp3) is 0.517. The second kappa shape index (κ2) is 14.2. The SMILES string of the molecule is CCc1ccc(N(CCCC(=O)N(Cc2ccccc2C)[C@H](CC)C(=O)N[C@H](C)CC)S(C)(=O)=O)cc1. The maximum absolute atomic E-state index is 13.5. The van der Waals surface area contributed by atoms with Crippen LogP contribution in [0.4, 0.5) is 5.69 Å². The van der Waals surface area contributed by atoms with Crippen LogP contribution in [0.2, 0.25) is 0 Å². The van der Waals surface area contributed by atoms with Gasteiger partial charge in [-0.25, -0.2) is 8.42 Å². The molecule has 2 rings (SSSR count). The van der Waals surface area contributed by atoms with E-state index in [-0.39, 0.29) is 30.8 Å². The Hall–Kier alpha value is -2.87. The van der Waals surface area contributed by atoms with E-state index in [4.69, 9.17) is 0 Å². The largest absolute Gasteiger partial charge is 0.352 e. The molecule has 0 fully saturated rings. The van der Waals surface area contributed by atoms with E-state index in [0.29, 0.717) is 25.1 Å². The number of anilines is 1. The summed E-state index contributed by atoms with van der Waals surface area (Å²) in [7, 11) is -3.52. The minimum atomic E-state index is -3.52. The van der Waals surface area contributed by atoms with Crippen LogP contribution in [-0.4, -0.2) is 50.0 Å². The van der Waals surface area contributed by atoms with Gasteiger partial charge in [0, 0.05) is 25.6 Å². The van der Waals surface area contributed by atoms with E-state index in [1.165, 1.54) is 10.6 Å². The highest BCUT2D eigenvalue weighted by Gasteiger charge is 2.29. The van der Waals surface area contributed by atoms with Crippen molar-refractivity contribution in [2.24, 2.45) is 0 Å². The number of nitrogens with one attached hydrogen (secondary N) is 1. The molecule has 8 heteroatoms.